The first-order valence-electron chi connectivity index (χ1n) is 9.12. The lowest BCUT2D eigenvalue weighted by molar-refractivity contribution is -0.140. The predicted octanol–water partition coefficient (Wildman–Crippen LogP) is 2.53. The van der Waals surface area contributed by atoms with Gasteiger partial charge in [0, 0.05) is 55.9 Å². The van der Waals surface area contributed by atoms with Crippen LogP contribution in [-0.4, -0.2) is 53.3 Å². The van der Waals surface area contributed by atoms with Gasteiger partial charge in [0.1, 0.15) is 0 Å². The maximum Gasteiger partial charge on any atom is 0.274 e. The van der Waals surface area contributed by atoms with Crippen molar-refractivity contribution < 1.29 is 9.53 Å². The van der Waals surface area contributed by atoms with Crippen LogP contribution in [0.2, 0.25) is 0 Å². The van der Waals surface area contributed by atoms with Crippen LogP contribution in [0.15, 0.2) is 0 Å². The lowest BCUT2D eigenvalue weighted by Crippen LogP contribution is -2.62. The van der Waals surface area contributed by atoms with Crippen molar-refractivity contribution in [3.8, 4) is 0 Å². The first-order valence-corrected chi connectivity index (χ1v) is 9.12. The van der Waals surface area contributed by atoms with E-state index in [1.165, 1.54) is 0 Å². The standard InChI is InChI=1S/C18H30N4O2.ClH/c1-5-6-9-24-15-10-14(18(15,2)3)22(4)17(23)16-12-11-19-8-7-13(12)20-21-16;/h14-15,19H,5-11H2,1-4H3,(H,20,21);1H. The van der Waals surface area contributed by atoms with Gasteiger partial charge in [0.15, 0.2) is 5.69 Å². The summed E-state index contributed by atoms with van der Waals surface area (Å²) in [4.78, 5) is 14.8. The molecule has 142 valence electrons. The number of H-pyrrole nitrogens is 1. The molecule has 0 radical (unpaired) electrons. The fraction of sp³-hybridized carbons (Fsp3) is 0.778. The Labute approximate surface area is 156 Å². The summed E-state index contributed by atoms with van der Waals surface area (Å²) in [5.74, 6) is 0.0151. The van der Waals surface area contributed by atoms with Crippen molar-refractivity contribution in [2.24, 2.45) is 5.41 Å². The number of hydrogen-bond donors (Lipinski definition) is 2. The van der Waals surface area contributed by atoms with Gasteiger partial charge in [-0.25, -0.2) is 0 Å². The fourth-order valence-electron chi connectivity index (χ4n) is 3.89. The van der Waals surface area contributed by atoms with Crippen molar-refractivity contribution in [1.82, 2.24) is 20.4 Å². The maximum absolute atomic E-state index is 12.9. The molecule has 0 saturated heterocycles. The average Bonchev–Trinajstić information content (AvgIpc) is 3.00. The average molecular weight is 371 g/mol. The molecule has 2 unspecified atom stereocenters. The van der Waals surface area contributed by atoms with Gasteiger partial charge in [-0.05, 0) is 12.8 Å². The Bertz CT molecular complexity index is 602. The first-order chi connectivity index (χ1) is 11.5. The summed E-state index contributed by atoms with van der Waals surface area (Å²) < 4.78 is 6.01. The number of unbranched alkanes of at least 4 members (excludes halogenated alkanes) is 1. The predicted molar refractivity (Wildman–Crippen MR) is 100 cm³/mol. The second-order valence-electron chi connectivity index (χ2n) is 7.66. The zero-order valence-corrected chi connectivity index (χ0v) is 16.5. The number of halogens is 1. The van der Waals surface area contributed by atoms with Crippen molar-refractivity contribution in [2.45, 2.75) is 65.1 Å². The largest absolute Gasteiger partial charge is 0.378 e. The number of carbonyl (C=O) groups is 1. The van der Waals surface area contributed by atoms with Gasteiger partial charge < -0.3 is 15.0 Å². The third-order valence-electron chi connectivity index (χ3n) is 5.74. The molecule has 2 heterocycles. The summed E-state index contributed by atoms with van der Waals surface area (Å²) in [5, 5.41) is 10.7. The quantitative estimate of drug-likeness (QED) is 0.755. The van der Waals surface area contributed by atoms with Crippen LogP contribution < -0.4 is 5.32 Å². The molecule has 1 fully saturated rings. The highest BCUT2D eigenvalue weighted by atomic mass is 35.5. The van der Waals surface area contributed by atoms with Gasteiger partial charge in [-0.3, -0.25) is 9.89 Å². The molecule has 0 bridgehead atoms. The lowest BCUT2D eigenvalue weighted by atomic mass is 9.63. The SMILES string of the molecule is CCCCOC1CC(N(C)C(=O)c2n[nH]c3c2CNCC3)C1(C)C.Cl. The lowest BCUT2D eigenvalue weighted by Gasteiger charge is -2.54. The summed E-state index contributed by atoms with van der Waals surface area (Å²) in [7, 11) is 1.90. The van der Waals surface area contributed by atoms with Crippen LogP contribution in [0, 0.1) is 5.41 Å². The molecular weight excluding hydrogens is 340 g/mol. The summed E-state index contributed by atoms with van der Waals surface area (Å²) in [6.45, 7) is 9.03. The van der Waals surface area contributed by atoms with Crippen LogP contribution >= 0.6 is 12.4 Å². The van der Waals surface area contributed by atoms with Gasteiger partial charge in [-0.15, -0.1) is 12.4 Å². The van der Waals surface area contributed by atoms with Crippen LogP contribution in [-0.2, 0) is 17.7 Å². The van der Waals surface area contributed by atoms with Gasteiger partial charge in [0.2, 0.25) is 0 Å². The third kappa shape index (κ3) is 3.71. The summed E-state index contributed by atoms with van der Waals surface area (Å²) in [6, 6.07) is 0.195. The van der Waals surface area contributed by atoms with Crippen molar-refractivity contribution in [2.75, 3.05) is 20.2 Å². The van der Waals surface area contributed by atoms with Crippen LogP contribution in [0.3, 0.4) is 0 Å². The molecule has 1 amide bonds. The fourth-order valence-corrected chi connectivity index (χ4v) is 3.89. The van der Waals surface area contributed by atoms with E-state index in [0.29, 0.717) is 5.69 Å². The van der Waals surface area contributed by atoms with Crippen molar-refractivity contribution in [3.63, 3.8) is 0 Å². The third-order valence-corrected chi connectivity index (χ3v) is 5.74. The zero-order valence-electron chi connectivity index (χ0n) is 15.7. The van der Waals surface area contributed by atoms with Crippen molar-refractivity contribution in [1.29, 1.82) is 0 Å². The highest BCUT2D eigenvalue weighted by Gasteiger charge is 2.52. The number of nitrogens with zero attached hydrogens (tertiary/aromatic N) is 2. The van der Waals surface area contributed by atoms with Crippen molar-refractivity contribution in [3.05, 3.63) is 17.0 Å². The van der Waals surface area contributed by atoms with E-state index in [4.69, 9.17) is 4.74 Å². The monoisotopic (exact) mass is 370 g/mol. The topological polar surface area (TPSA) is 70.2 Å². The minimum absolute atomic E-state index is 0. The Morgan fingerprint density at radius 1 is 1.44 bits per heavy atom. The minimum atomic E-state index is -0.0211. The number of nitrogens with one attached hydrogen (secondary N) is 2. The molecule has 1 saturated carbocycles. The van der Waals surface area contributed by atoms with E-state index in [1.807, 2.05) is 11.9 Å². The number of ether oxygens (including phenoxy) is 1. The normalized spacial score (nSPS) is 24.0. The van der Waals surface area contributed by atoms with Crippen molar-refractivity contribution >= 4 is 18.3 Å². The second-order valence-corrected chi connectivity index (χ2v) is 7.66. The number of carbonyl (C=O) groups excluding carboxylic acids is 1. The van der Waals surface area contributed by atoms with E-state index >= 15 is 0 Å². The van der Waals surface area contributed by atoms with E-state index in [9.17, 15) is 4.79 Å². The molecule has 2 aliphatic rings. The van der Waals surface area contributed by atoms with Crippen LogP contribution in [0.5, 0.6) is 0 Å². The van der Waals surface area contributed by atoms with Crippen LogP contribution in [0.1, 0.15) is 61.8 Å². The smallest absolute Gasteiger partial charge is 0.274 e. The van der Waals surface area contributed by atoms with Gasteiger partial charge in [0.05, 0.1) is 6.10 Å². The zero-order chi connectivity index (χ0) is 17.3. The molecule has 1 aliphatic heterocycles. The molecular formula is C18H31ClN4O2. The minimum Gasteiger partial charge on any atom is -0.378 e. The first kappa shape index (κ1) is 20.2. The Morgan fingerprint density at radius 2 is 2.20 bits per heavy atom. The molecule has 2 atom stereocenters. The van der Waals surface area contributed by atoms with Gasteiger partial charge in [0.25, 0.3) is 5.91 Å². The summed E-state index contributed by atoms with van der Waals surface area (Å²) >= 11 is 0. The highest BCUT2D eigenvalue weighted by molar-refractivity contribution is 5.94. The molecule has 0 spiro atoms. The van der Waals surface area contributed by atoms with Gasteiger partial charge in [-0.1, -0.05) is 27.2 Å². The van der Waals surface area contributed by atoms with Gasteiger partial charge >= 0.3 is 0 Å². The van der Waals surface area contributed by atoms with E-state index in [2.05, 4.69) is 36.3 Å². The molecule has 0 aromatic carbocycles. The molecule has 1 aliphatic carbocycles. The number of amides is 1. The molecule has 1 aromatic heterocycles. The Hall–Kier alpha value is -1.11. The summed E-state index contributed by atoms with van der Waals surface area (Å²) in [6.07, 6.45) is 4.29. The molecule has 2 N–H and O–H groups in total. The Kier molecular flexibility index (Phi) is 6.51. The van der Waals surface area contributed by atoms with Gasteiger partial charge in [-0.2, -0.15) is 5.10 Å². The number of aromatic amines is 1. The van der Waals surface area contributed by atoms with Crippen LogP contribution in [0.4, 0.5) is 0 Å². The number of rotatable bonds is 6. The molecule has 6 nitrogen and oxygen atoms in total. The van der Waals surface area contributed by atoms with E-state index < -0.39 is 0 Å². The van der Waals surface area contributed by atoms with Crippen LogP contribution in [0.25, 0.3) is 0 Å². The molecule has 7 heteroatoms. The van der Waals surface area contributed by atoms with E-state index in [1.54, 1.807) is 0 Å². The number of aromatic nitrogens is 2. The number of fused-ring (bicyclic) bond motifs is 1. The second kappa shape index (κ2) is 8.06. The summed E-state index contributed by atoms with van der Waals surface area (Å²) in [5.41, 5.74) is 2.68. The van der Waals surface area contributed by atoms with E-state index in [0.717, 1.165) is 56.6 Å². The molecule has 1 aromatic rings. The number of hydrogen-bond acceptors (Lipinski definition) is 4. The molecule has 25 heavy (non-hydrogen) atoms. The Balaban J connectivity index is 0.00000225. The molecule has 3 rings (SSSR count). The Morgan fingerprint density at radius 3 is 2.88 bits per heavy atom. The maximum atomic E-state index is 12.9. The van der Waals surface area contributed by atoms with E-state index in [-0.39, 0.29) is 35.9 Å². The highest BCUT2D eigenvalue weighted by Crippen LogP contribution is 2.45.